The zero-order valence-corrected chi connectivity index (χ0v) is 13.5. The van der Waals surface area contributed by atoms with Gasteiger partial charge >= 0.3 is 0 Å². The molecule has 2 heterocycles. The first-order valence-electron chi connectivity index (χ1n) is 7.39. The summed E-state index contributed by atoms with van der Waals surface area (Å²) in [5.41, 5.74) is 0.808. The molecule has 126 valence electrons. The van der Waals surface area contributed by atoms with Crippen LogP contribution in [0.25, 0.3) is 0 Å². The third kappa shape index (κ3) is 2.58. The summed E-state index contributed by atoms with van der Waals surface area (Å²) in [7, 11) is 0. The normalized spacial score (nSPS) is 14.7. The van der Waals surface area contributed by atoms with Gasteiger partial charge in [0.1, 0.15) is 6.54 Å². The van der Waals surface area contributed by atoms with Gasteiger partial charge in [0.25, 0.3) is 11.8 Å². The van der Waals surface area contributed by atoms with Crippen LogP contribution >= 0.6 is 11.6 Å². The van der Waals surface area contributed by atoms with E-state index in [1.807, 2.05) is 0 Å². The minimum absolute atomic E-state index is 0.128. The molecule has 0 fully saturated rings. The van der Waals surface area contributed by atoms with Crippen molar-refractivity contribution in [2.24, 2.45) is 0 Å². The third-order valence-corrected chi connectivity index (χ3v) is 4.22. The third-order valence-electron chi connectivity index (χ3n) is 3.91. The van der Waals surface area contributed by atoms with Crippen molar-refractivity contribution < 1.29 is 23.9 Å². The zero-order chi connectivity index (χ0) is 17.6. The summed E-state index contributed by atoms with van der Waals surface area (Å²) < 4.78 is 10.4. The molecule has 3 amide bonds. The van der Waals surface area contributed by atoms with Gasteiger partial charge in [-0.2, -0.15) is 0 Å². The van der Waals surface area contributed by atoms with E-state index in [4.69, 9.17) is 21.1 Å². The van der Waals surface area contributed by atoms with Crippen molar-refractivity contribution in [3.63, 3.8) is 0 Å². The minimum Gasteiger partial charge on any atom is -0.454 e. The summed E-state index contributed by atoms with van der Waals surface area (Å²) in [5, 5.41) is 2.82. The number of hydrogen-bond donors (Lipinski definition) is 1. The maximum absolute atomic E-state index is 12.4. The van der Waals surface area contributed by atoms with Gasteiger partial charge in [0.15, 0.2) is 11.5 Å². The summed E-state index contributed by atoms with van der Waals surface area (Å²) in [6.07, 6.45) is 0. The quantitative estimate of drug-likeness (QED) is 0.851. The summed E-state index contributed by atoms with van der Waals surface area (Å²) in [4.78, 5) is 37.8. The Morgan fingerprint density at radius 2 is 1.92 bits per heavy atom. The van der Waals surface area contributed by atoms with E-state index in [2.05, 4.69) is 5.32 Å². The Kier molecular flexibility index (Phi) is 3.58. The van der Waals surface area contributed by atoms with Crippen molar-refractivity contribution in [3.05, 3.63) is 52.5 Å². The zero-order valence-electron chi connectivity index (χ0n) is 12.7. The average molecular weight is 359 g/mol. The number of ether oxygens (including phenoxy) is 2. The Morgan fingerprint density at radius 1 is 1.12 bits per heavy atom. The Bertz CT molecular complexity index is 927. The van der Waals surface area contributed by atoms with Crippen LogP contribution in [0.4, 0.5) is 5.69 Å². The van der Waals surface area contributed by atoms with Crippen molar-refractivity contribution >= 4 is 35.0 Å². The van der Waals surface area contributed by atoms with E-state index in [0.29, 0.717) is 17.2 Å². The number of fused-ring (bicyclic) bond motifs is 2. The van der Waals surface area contributed by atoms with Crippen LogP contribution in [0.5, 0.6) is 11.5 Å². The second-order valence-corrected chi connectivity index (χ2v) is 5.88. The molecule has 0 spiro atoms. The SMILES string of the molecule is O=C(CN1C(=O)c2cccc(Cl)c2C1=O)Nc1ccc2c(c1)OCO2. The maximum Gasteiger partial charge on any atom is 0.263 e. The van der Waals surface area contributed by atoms with E-state index in [9.17, 15) is 14.4 Å². The van der Waals surface area contributed by atoms with Gasteiger partial charge in [0, 0.05) is 11.8 Å². The van der Waals surface area contributed by atoms with Gasteiger partial charge in [-0.3, -0.25) is 19.3 Å². The number of rotatable bonds is 3. The number of hydrogen-bond acceptors (Lipinski definition) is 5. The standard InChI is InChI=1S/C17H11ClN2O5/c18-11-3-1-2-10-15(11)17(23)20(16(10)22)7-14(21)19-9-4-5-12-13(6-9)25-8-24-12/h1-6H,7-8H2,(H,19,21). The summed E-state index contributed by atoms with van der Waals surface area (Å²) in [5.74, 6) is -0.516. The first-order valence-corrected chi connectivity index (χ1v) is 7.76. The lowest BCUT2D eigenvalue weighted by atomic mass is 10.1. The maximum atomic E-state index is 12.4. The van der Waals surface area contributed by atoms with Crippen LogP contribution in [0, 0.1) is 0 Å². The Morgan fingerprint density at radius 3 is 2.72 bits per heavy atom. The predicted molar refractivity (Wildman–Crippen MR) is 88.0 cm³/mol. The molecule has 2 aromatic carbocycles. The molecule has 8 heteroatoms. The topological polar surface area (TPSA) is 84.9 Å². The first kappa shape index (κ1) is 15.5. The highest BCUT2D eigenvalue weighted by Crippen LogP contribution is 2.34. The highest BCUT2D eigenvalue weighted by Gasteiger charge is 2.38. The molecule has 0 saturated carbocycles. The molecule has 0 radical (unpaired) electrons. The van der Waals surface area contributed by atoms with Crippen molar-refractivity contribution in [1.29, 1.82) is 0 Å². The lowest BCUT2D eigenvalue weighted by molar-refractivity contribution is -0.116. The van der Waals surface area contributed by atoms with Gasteiger partial charge in [-0.25, -0.2) is 0 Å². The molecule has 0 atom stereocenters. The lowest BCUT2D eigenvalue weighted by Gasteiger charge is -2.13. The number of carbonyl (C=O) groups excluding carboxylic acids is 3. The molecule has 2 aromatic rings. The van der Waals surface area contributed by atoms with E-state index in [-0.39, 0.29) is 22.9 Å². The van der Waals surface area contributed by atoms with Gasteiger partial charge in [-0.15, -0.1) is 0 Å². The Hall–Kier alpha value is -3.06. The molecule has 0 bridgehead atoms. The van der Waals surface area contributed by atoms with Crippen LogP contribution in [-0.4, -0.2) is 36.0 Å². The average Bonchev–Trinajstić information content (AvgIpc) is 3.14. The Balaban J connectivity index is 1.49. The number of nitrogens with one attached hydrogen (secondary N) is 1. The highest BCUT2D eigenvalue weighted by atomic mass is 35.5. The van der Waals surface area contributed by atoms with Crippen LogP contribution in [0.1, 0.15) is 20.7 Å². The largest absolute Gasteiger partial charge is 0.454 e. The molecule has 25 heavy (non-hydrogen) atoms. The molecular formula is C17H11ClN2O5. The first-order chi connectivity index (χ1) is 12.0. The van der Waals surface area contributed by atoms with Crippen molar-refractivity contribution in [1.82, 2.24) is 4.90 Å². The molecule has 0 aliphatic carbocycles. The summed E-state index contributed by atoms with van der Waals surface area (Å²) in [6, 6.07) is 9.55. The number of anilines is 1. The Labute approximate surface area is 147 Å². The fourth-order valence-electron chi connectivity index (χ4n) is 2.75. The molecule has 4 rings (SSSR count). The fraction of sp³-hybridized carbons (Fsp3) is 0.118. The van der Waals surface area contributed by atoms with Crippen LogP contribution in [-0.2, 0) is 4.79 Å². The monoisotopic (exact) mass is 358 g/mol. The van der Waals surface area contributed by atoms with Crippen LogP contribution in [0.15, 0.2) is 36.4 Å². The summed E-state index contributed by atoms with van der Waals surface area (Å²) in [6.45, 7) is -0.278. The number of imide groups is 1. The van der Waals surface area contributed by atoms with Crippen LogP contribution in [0.3, 0.4) is 0 Å². The number of benzene rings is 2. The highest BCUT2D eigenvalue weighted by molar-refractivity contribution is 6.37. The predicted octanol–water partition coefficient (Wildman–Crippen LogP) is 2.30. The van der Waals surface area contributed by atoms with Crippen molar-refractivity contribution in [2.45, 2.75) is 0 Å². The minimum atomic E-state index is -0.577. The second-order valence-electron chi connectivity index (χ2n) is 5.48. The molecule has 2 aliphatic heterocycles. The van der Waals surface area contributed by atoms with Gasteiger partial charge in [0.2, 0.25) is 12.7 Å². The number of carbonyl (C=O) groups is 3. The molecular weight excluding hydrogens is 348 g/mol. The number of amides is 3. The lowest BCUT2D eigenvalue weighted by Crippen LogP contribution is -2.37. The van der Waals surface area contributed by atoms with Gasteiger partial charge in [0.05, 0.1) is 16.1 Å². The van der Waals surface area contributed by atoms with Crippen LogP contribution < -0.4 is 14.8 Å². The second kappa shape index (κ2) is 5.78. The molecule has 0 saturated heterocycles. The number of nitrogens with zero attached hydrogens (tertiary/aromatic N) is 1. The molecule has 0 aromatic heterocycles. The van der Waals surface area contributed by atoms with Crippen LogP contribution in [0.2, 0.25) is 5.02 Å². The van der Waals surface area contributed by atoms with Crippen molar-refractivity contribution in [3.8, 4) is 11.5 Å². The van der Waals surface area contributed by atoms with E-state index < -0.39 is 24.3 Å². The summed E-state index contributed by atoms with van der Waals surface area (Å²) >= 11 is 5.99. The fourth-order valence-corrected chi connectivity index (χ4v) is 3.01. The smallest absolute Gasteiger partial charge is 0.263 e. The van der Waals surface area contributed by atoms with Gasteiger partial charge in [-0.05, 0) is 24.3 Å². The van der Waals surface area contributed by atoms with Gasteiger partial charge < -0.3 is 14.8 Å². The molecule has 0 unspecified atom stereocenters. The van der Waals surface area contributed by atoms with E-state index in [0.717, 1.165) is 4.90 Å². The molecule has 7 nitrogen and oxygen atoms in total. The van der Waals surface area contributed by atoms with Crippen molar-refractivity contribution in [2.75, 3.05) is 18.7 Å². The van der Waals surface area contributed by atoms with E-state index >= 15 is 0 Å². The number of halogens is 1. The van der Waals surface area contributed by atoms with E-state index in [1.54, 1.807) is 24.3 Å². The van der Waals surface area contributed by atoms with E-state index in [1.165, 1.54) is 12.1 Å². The molecule has 1 N–H and O–H groups in total. The van der Waals surface area contributed by atoms with Gasteiger partial charge in [-0.1, -0.05) is 17.7 Å². The molecule has 2 aliphatic rings.